The first-order valence-electron chi connectivity index (χ1n) is 12.8. The average molecular weight is 557 g/mol. The van der Waals surface area contributed by atoms with Crippen molar-refractivity contribution >= 4 is 52.4 Å². The SMILES string of the molecule is CC1CCN(C(=O)c2ccc(CSc3nc(Cl)cc(N4CCN(c5ccc(Cl)cc5)CC4)n3)cc2)CC1. The first-order chi connectivity index (χ1) is 17.9. The number of piperidine rings is 1. The molecule has 3 heterocycles. The van der Waals surface area contributed by atoms with Crippen LogP contribution in [0.25, 0.3) is 0 Å². The summed E-state index contributed by atoms with van der Waals surface area (Å²) in [6.07, 6.45) is 2.17. The largest absolute Gasteiger partial charge is 0.368 e. The Morgan fingerprint density at radius 1 is 0.892 bits per heavy atom. The summed E-state index contributed by atoms with van der Waals surface area (Å²) in [5.74, 6) is 2.40. The zero-order valence-corrected chi connectivity index (χ0v) is 23.3. The molecule has 2 fully saturated rings. The fourth-order valence-corrected chi connectivity index (χ4v) is 5.91. The molecule has 0 spiro atoms. The summed E-state index contributed by atoms with van der Waals surface area (Å²) in [6, 6.07) is 17.7. The van der Waals surface area contributed by atoms with Gasteiger partial charge in [0.05, 0.1) is 0 Å². The van der Waals surface area contributed by atoms with Gasteiger partial charge in [-0.2, -0.15) is 0 Å². The normalized spacial score (nSPS) is 16.8. The molecule has 0 saturated carbocycles. The summed E-state index contributed by atoms with van der Waals surface area (Å²) >= 11 is 14.0. The Kier molecular flexibility index (Phi) is 8.43. The second kappa shape index (κ2) is 11.9. The van der Waals surface area contributed by atoms with Crippen molar-refractivity contribution in [2.24, 2.45) is 5.92 Å². The summed E-state index contributed by atoms with van der Waals surface area (Å²) < 4.78 is 0. The zero-order chi connectivity index (χ0) is 25.8. The predicted octanol–water partition coefficient (Wildman–Crippen LogP) is 6.27. The number of carbonyl (C=O) groups is 1. The number of thioether (sulfide) groups is 1. The molecule has 6 nitrogen and oxygen atoms in total. The summed E-state index contributed by atoms with van der Waals surface area (Å²) in [7, 11) is 0. The van der Waals surface area contributed by atoms with Crippen LogP contribution in [-0.4, -0.2) is 60.0 Å². The third-order valence-electron chi connectivity index (χ3n) is 7.10. The second-order valence-corrected chi connectivity index (χ2v) is 11.5. The highest BCUT2D eigenvalue weighted by Crippen LogP contribution is 2.27. The number of anilines is 2. The van der Waals surface area contributed by atoms with Gasteiger partial charge in [0.1, 0.15) is 11.0 Å². The lowest BCUT2D eigenvalue weighted by Crippen LogP contribution is -2.46. The van der Waals surface area contributed by atoms with Gasteiger partial charge < -0.3 is 14.7 Å². The number of nitrogens with zero attached hydrogens (tertiary/aromatic N) is 5. The van der Waals surface area contributed by atoms with Gasteiger partial charge >= 0.3 is 0 Å². The van der Waals surface area contributed by atoms with Crippen LogP contribution < -0.4 is 9.80 Å². The molecular formula is C28H31Cl2N5OS. The van der Waals surface area contributed by atoms with Gasteiger partial charge in [0.25, 0.3) is 5.91 Å². The van der Waals surface area contributed by atoms with Gasteiger partial charge in [-0.05, 0) is 60.7 Å². The van der Waals surface area contributed by atoms with Crippen LogP contribution in [0.1, 0.15) is 35.7 Å². The van der Waals surface area contributed by atoms with E-state index in [-0.39, 0.29) is 5.91 Å². The van der Waals surface area contributed by atoms with Crippen LogP contribution in [0.3, 0.4) is 0 Å². The van der Waals surface area contributed by atoms with E-state index in [0.29, 0.717) is 22.0 Å². The van der Waals surface area contributed by atoms with E-state index in [0.717, 1.165) is 74.1 Å². The van der Waals surface area contributed by atoms with E-state index in [1.54, 1.807) is 11.8 Å². The van der Waals surface area contributed by atoms with E-state index in [9.17, 15) is 4.79 Å². The fourth-order valence-electron chi connectivity index (χ4n) is 4.74. The highest BCUT2D eigenvalue weighted by Gasteiger charge is 2.22. The van der Waals surface area contributed by atoms with Crippen molar-refractivity contribution in [2.45, 2.75) is 30.7 Å². The fraction of sp³-hybridized carbons (Fsp3) is 0.393. The van der Waals surface area contributed by atoms with Crippen molar-refractivity contribution < 1.29 is 4.79 Å². The Hall–Kier alpha value is -2.48. The molecule has 2 aliphatic heterocycles. The number of carbonyl (C=O) groups excluding carboxylic acids is 1. The molecule has 0 radical (unpaired) electrons. The Labute approximate surface area is 233 Å². The summed E-state index contributed by atoms with van der Waals surface area (Å²) in [4.78, 5) is 28.6. The molecule has 1 amide bonds. The summed E-state index contributed by atoms with van der Waals surface area (Å²) in [5.41, 5.74) is 3.05. The Balaban J connectivity index is 1.16. The number of amides is 1. The number of hydrogen-bond acceptors (Lipinski definition) is 6. The summed E-state index contributed by atoms with van der Waals surface area (Å²) in [5, 5.41) is 1.86. The molecule has 194 valence electrons. The first-order valence-corrected chi connectivity index (χ1v) is 14.5. The minimum atomic E-state index is 0.130. The lowest BCUT2D eigenvalue weighted by atomic mass is 9.98. The molecule has 0 atom stereocenters. The molecule has 0 unspecified atom stereocenters. The van der Waals surface area contributed by atoms with Crippen molar-refractivity contribution in [3.63, 3.8) is 0 Å². The highest BCUT2D eigenvalue weighted by atomic mass is 35.5. The number of hydrogen-bond donors (Lipinski definition) is 0. The third-order valence-corrected chi connectivity index (χ3v) is 8.46. The topological polar surface area (TPSA) is 52.6 Å². The van der Waals surface area contributed by atoms with Gasteiger partial charge in [-0.15, -0.1) is 0 Å². The number of halogens is 2. The second-order valence-electron chi connectivity index (χ2n) is 9.74. The molecule has 1 aromatic heterocycles. The maximum Gasteiger partial charge on any atom is 0.253 e. The lowest BCUT2D eigenvalue weighted by Gasteiger charge is -2.36. The molecule has 3 aromatic rings. The molecule has 0 bridgehead atoms. The van der Waals surface area contributed by atoms with Gasteiger partial charge in [0.15, 0.2) is 5.16 Å². The van der Waals surface area contributed by atoms with E-state index < -0.39 is 0 Å². The zero-order valence-electron chi connectivity index (χ0n) is 20.9. The number of likely N-dealkylation sites (tertiary alicyclic amines) is 1. The van der Waals surface area contributed by atoms with E-state index in [2.05, 4.69) is 33.8 Å². The number of aromatic nitrogens is 2. The third kappa shape index (κ3) is 6.70. The van der Waals surface area contributed by atoms with Crippen LogP contribution in [-0.2, 0) is 5.75 Å². The van der Waals surface area contributed by atoms with Crippen molar-refractivity contribution in [3.8, 4) is 0 Å². The van der Waals surface area contributed by atoms with Crippen LogP contribution in [0, 0.1) is 5.92 Å². The lowest BCUT2D eigenvalue weighted by molar-refractivity contribution is 0.0697. The Morgan fingerprint density at radius 2 is 1.54 bits per heavy atom. The van der Waals surface area contributed by atoms with Crippen LogP contribution in [0.5, 0.6) is 0 Å². The molecule has 2 aromatic carbocycles. The van der Waals surface area contributed by atoms with Crippen molar-refractivity contribution in [2.75, 3.05) is 49.1 Å². The van der Waals surface area contributed by atoms with Gasteiger partial charge in [0.2, 0.25) is 0 Å². The smallest absolute Gasteiger partial charge is 0.253 e. The Morgan fingerprint density at radius 3 is 2.22 bits per heavy atom. The van der Waals surface area contributed by atoms with E-state index in [1.165, 1.54) is 5.69 Å². The van der Waals surface area contributed by atoms with E-state index >= 15 is 0 Å². The number of benzene rings is 2. The molecule has 37 heavy (non-hydrogen) atoms. The number of rotatable bonds is 6. The predicted molar refractivity (Wildman–Crippen MR) is 153 cm³/mol. The van der Waals surface area contributed by atoms with Gasteiger partial charge in [0, 0.05) is 67.4 Å². The minimum Gasteiger partial charge on any atom is -0.368 e. The summed E-state index contributed by atoms with van der Waals surface area (Å²) in [6.45, 7) is 7.45. The van der Waals surface area contributed by atoms with Crippen molar-refractivity contribution in [1.82, 2.24) is 14.9 Å². The molecule has 0 aliphatic carbocycles. The van der Waals surface area contributed by atoms with Gasteiger partial charge in [-0.3, -0.25) is 4.79 Å². The Bertz CT molecular complexity index is 1210. The van der Waals surface area contributed by atoms with Crippen LogP contribution in [0.2, 0.25) is 10.2 Å². The molecular weight excluding hydrogens is 525 g/mol. The average Bonchev–Trinajstić information content (AvgIpc) is 2.92. The van der Waals surface area contributed by atoms with Crippen molar-refractivity contribution in [1.29, 1.82) is 0 Å². The maximum atomic E-state index is 12.8. The standard InChI is InChI=1S/C28H31Cl2N5OS/c1-20-10-12-35(13-11-20)27(36)22-4-2-21(3-5-22)19-37-28-31-25(30)18-26(32-28)34-16-14-33(15-17-34)24-8-6-23(29)7-9-24/h2-9,18,20H,10-17,19H2,1H3. The highest BCUT2D eigenvalue weighted by molar-refractivity contribution is 7.98. The van der Waals surface area contributed by atoms with Crippen LogP contribution in [0.4, 0.5) is 11.5 Å². The van der Waals surface area contributed by atoms with Gasteiger partial charge in [-0.25, -0.2) is 9.97 Å². The maximum absolute atomic E-state index is 12.8. The first kappa shape index (κ1) is 26.1. The van der Waals surface area contributed by atoms with Crippen LogP contribution in [0.15, 0.2) is 59.8 Å². The molecule has 0 N–H and O–H groups in total. The van der Waals surface area contributed by atoms with Crippen molar-refractivity contribution in [3.05, 3.63) is 75.9 Å². The molecule has 2 aliphatic rings. The molecule has 5 rings (SSSR count). The minimum absolute atomic E-state index is 0.130. The molecule has 2 saturated heterocycles. The van der Waals surface area contributed by atoms with Gasteiger partial charge in [-0.1, -0.05) is 54.0 Å². The quantitative estimate of drug-likeness (QED) is 0.203. The number of piperazine rings is 1. The van der Waals surface area contributed by atoms with Crippen LogP contribution >= 0.6 is 35.0 Å². The van der Waals surface area contributed by atoms with E-state index in [4.69, 9.17) is 28.2 Å². The van der Waals surface area contributed by atoms with E-state index in [1.807, 2.05) is 47.4 Å². The molecule has 9 heteroatoms. The monoisotopic (exact) mass is 555 g/mol.